The Balaban J connectivity index is 0.000000528. The van der Waals surface area contributed by atoms with Gasteiger partial charge in [-0.15, -0.1) is 0 Å². The van der Waals surface area contributed by atoms with E-state index < -0.39 is 0 Å². The molecule has 0 heterocycles. The van der Waals surface area contributed by atoms with Crippen molar-refractivity contribution in [2.24, 2.45) is 11.3 Å². The van der Waals surface area contributed by atoms with Crippen molar-refractivity contribution >= 4 is 0 Å². The lowest BCUT2D eigenvalue weighted by molar-refractivity contribution is 0.229. The third-order valence-corrected chi connectivity index (χ3v) is 6.54. The number of rotatable bonds is 0. The first-order chi connectivity index (χ1) is 12.1. The van der Waals surface area contributed by atoms with E-state index in [1.54, 1.807) is 22.3 Å². The molecule has 3 atom stereocenters. The minimum Gasteiger partial charge on any atom is -0.0879 e. The highest BCUT2D eigenvalue weighted by Gasteiger charge is 2.49. The summed E-state index contributed by atoms with van der Waals surface area (Å²) >= 11 is 0. The summed E-state index contributed by atoms with van der Waals surface area (Å²) in [6.07, 6.45) is 11.6. The van der Waals surface area contributed by atoms with Gasteiger partial charge in [-0.1, -0.05) is 81.7 Å². The summed E-state index contributed by atoms with van der Waals surface area (Å²) < 4.78 is 0. The first kappa shape index (κ1) is 20.0. The van der Waals surface area contributed by atoms with E-state index in [-0.39, 0.29) is 0 Å². The molecule has 1 aromatic rings. The Bertz CT molecular complexity index is 646. The topological polar surface area (TPSA) is 0 Å². The molecular formula is C25H38. The lowest BCUT2D eigenvalue weighted by Crippen LogP contribution is -2.34. The van der Waals surface area contributed by atoms with Crippen LogP contribution in [0.5, 0.6) is 0 Å². The second-order valence-electron chi connectivity index (χ2n) is 7.52. The van der Waals surface area contributed by atoms with Crippen LogP contribution >= 0.6 is 0 Å². The number of allylic oxidation sites excluding steroid dienone is 4. The molecule has 3 aliphatic rings. The minimum atomic E-state index is 0.458. The van der Waals surface area contributed by atoms with Gasteiger partial charge in [0.25, 0.3) is 0 Å². The lowest BCUT2D eigenvalue weighted by Gasteiger charge is -2.45. The number of benzene rings is 1. The highest BCUT2D eigenvalue weighted by molar-refractivity contribution is 5.47. The van der Waals surface area contributed by atoms with Gasteiger partial charge >= 0.3 is 0 Å². The third kappa shape index (κ3) is 3.37. The predicted molar refractivity (Wildman–Crippen MR) is 112 cm³/mol. The molecule has 0 amide bonds. The summed E-state index contributed by atoms with van der Waals surface area (Å²) in [7, 11) is 0. The molecule has 2 saturated carbocycles. The molecule has 3 unspecified atom stereocenters. The molecule has 4 rings (SSSR count). The Morgan fingerprint density at radius 1 is 1.08 bits per heavy atom. The molecule has 25 heavy (non-hydrogen) atoms. The molecule has 1 aromatic carbocycles. The van der Waals surface area contributed by atoms with Gasteiger partial charge in [-0.05, 0) is 68.4 Å². The molecule has 0 aliphatic heterocycles. The summed E-state index contributed by atoms with van der Waals surface area (Å²) in [6, 6.07) is 7.13. The lowest BCUT2D eigenvalue weighted by atomic mass is 9.59. The molecule has 0 saturated heterocycles. The van der Waals surface area contributed by atoms with E-state index in [2.05, 4.69) is 51.1 Å². The molecule has 0 heteroatoms. The second-order valence-corrected chi connectivity index (χ2v) is 7.52. The number of hydrogen-bond acceptors (Lipinski definition) is 0. The summed E-state index contributed by atoms with van der Waals surface area (Å²) in [5, 5.41) is 0. The van der Waals surface area contributed by atoms with Crippen molar-refractivity contribution in [1.29, 1.82) is 0 Å². The third-order valence-electron chi connectivity index (χ3n) is 6.54. The highest BCUT2D eigenvalue weighted by Crippen LogP contribution is 2.61. The Morgan fingerprint density at radius 2 is 1.80 bits per heavy atom. The fourth-order valence-corrected chi connectivity index (χ4v) is 5.42. The first-order valence-corrected chi connectivity index (χ1v) is 10.6. The van der Waals surface area contributed by atoms with E-state index in [4.69, 9.17) is 0 Å². The van der Waals surface area contributed by atoms with E-state index >= 15 is 0 Å². The van der Waals surface area contributed by atoms with Crippen LogP contribution in [0.2, 0.25) is 0 Å². The van der Waals surface area contributed by atoms with Crippen LogP contribution < -0.4 is 0 Å². The fourth-order valence-electron chi connectivity index (χ4n) is 5.42. The molecular weight excluding hydrogens is 300 g/mol. The zero-order valence-corrected chi connectivity index (χ0v) is 17.6. The van der Waals surface area contributed by atoms with E-state index in [9.17, 15) is 0 Å². The van der Waals surface area contributed by atoms with Crippen LogP contribution in [-0.2, 0) is 6.42 Å². The summed E-state index contributed by atoms with van der Waals surface area (Å²) in [5.74, 6) is 1.51. The predicted octanol–water partition coefficient (Wildman–Crippen LogP) is 7.77. The zero-order chi connectivity index (χ0) is 18.6. The SMILES string of the molecule is C/C=C1/CCC2C3=CCc4cc(C)ccc4C3CCC12C.CC.CC. The van der Waals surface area contributed by atoms with Crippen LogP contribution in [0.4, 0.5) is 0 Å². The van der Waals surface area contributed by atoms with Crippen molar-refractivity contribution in [2.75, 3.05) is 0 Å². The van der Waals surface area contributed by atoms with Gasteiger partial charge in [-0.2, -0.15) is 0 Å². The van der Waals surface area contributed by atoms with Gasteiger partial charge in [0.15, 0.2) is 0 Å². The van der Waals surface area contributed by atoms with Gasteiger partial charge in [0.2, 0.25) is 0 Å². The highest BCUT2D eigenvalue weighted by atomic mass is 14.5. The van der Waals surface area contributed by atoms with Crippen molar-refractivity contribution in [1.82, 2.24) is 0 Å². The molecule has 0 spiro atoms. The molecule has 138 valence electrons. The van der Waals surface area contributed by atoms with Crippen molar-refractivity contribution in [2.45, 2.75) is 86.5 Å². The Labute approximate surface area is 156 Å². The summed E-state index contributed by atoms with van der Waals surface area (Å²) in [4.78, 5) is 0. The van der Waals surface area contributed by atoms with Crippen LogP contribution in [-0.4, -0.2) is 0 Å². The molecule has 2 fully saturated rings. The smallest absolute Gasteiger partial charge is 0.00545 e. The van der Waals surface area contributed by atoms with E-state index in [0.717, 1.165) is 12.3 Å². The normalized spacial score (nSPS) is 30.7. The van der Waals surface area contributed by atoms with Gasteiger partial charge in [0, 0.05) is 5.92 Å². The summed E-state index contributed by atoms with van der Waals surface area (Å²) in [5.41, 5.74) is 8.58. The van der Waals surface area contributed by atoms with E-state index in [0.29, 0.717) is 11.3 Å². The van der Waals surface area contributed by atoms with Gasteiger partial charge in [0.1, 0.15) is 0 Å². The number of aryl methyl sites for hydroxylation is 1. The van der Waals surface area contributed by atoms with Crippen LogP contribution in [0.15, 0.2) is 41.5 Å². The largest absolute Gasteiger partial charge is 0.0879 e. The van der Waals surface area contributed by atoms with Crippen LogP contribution in [0, 0.1) is 18.3 Å². The van der Waals surface area contributed by atoms with E-state index in [1.165, 1.54) is 31.2 Å². The minimum absolute atomic E-state index is 0.458. The summed E-state index contributed by atoms with van der Waals surface area (Å²) in [6.45, 7) is 15.0. The van der Waals surface area contributed by atoms with Crippen LogP contribution in [0.25, 0.3) is 0 Å². The van der Waals surface area contributed by atoms with Crippen molar-refractivity contribution in [3.05, 3.63) is 58.2 Å². The average Bonchev–Trinajstić information content (AvgIpc) is 3.01. The molecule has 0 radical (unpaired) electrons. The van der Waals surface area contributed by atoms with Crippen LogP contribution in [0.3, 0.4) is 0 Å². The molecule has 3 aliphatic carbocycles. The van der Waals surface area contributed by atoms with Crippen LogP contribution in [0.1, 0.15) is 89.8 Å². The quantitative estimate of drug-likeness (QED) is 0.424. The first-order valence-electron chi connectivity index (χ1n) is 10.6. The maximum Gasteiger partial charge on any atom is 0.00545 e. The zero-order valence-electron chi connectivity index (χ0n) is 17.6. The molecule has 0 N–H and O–H groups in total. The Kier molecular flexibility index (Phi) is 6.72. The number of fused-ring (bicyclic) bond motifs is 5. The van der Waals surface area contributed by atoms with Gasteiger partial charge < -0.3 is 0 Å². The maximum absolute atomic E-state index is 2.59. The Morgan fingerprint density at radius 3 is 2.48 bits per heavy atom. The van der Waals surface area contributed by atoms with Gasteiger partial charge in [-0.3, -0.25) is 0 Å². The van der Waals surface area contributed by atoms with Gasteiger partial charge in [0.05, 0.1) is 0 Å². The molecule has 0 aromatic heterocycles. The average molecular weight is 339 g/mol. The van der Waals surface area contributed by atoms with Crippen molar-refractivity contribution in [3.63, 3.8) is 0 Å². The molecule has 0 bridgehead atoms. The van der Waals surface area contributed by atoms with Crippen molar-refractivity contribution < 1.29 is 0 Å². The fraction of sp³-hybridized carbons (Fsp3) is 0.600. The molecule has 0 nitrogen and oxygen atoms in total. The Hall–Kier alpha value is -1.30. The van der Waals surface area contributed by atoms with Crippen molar-refractivity contribution in [3.8, 4) is 0 Å². The second kappa shape index (κ2) is 8.39. The maximum atomic E-state index is 2.59. The monoisotopic (exact) mass is 338 g/mol. The van der Waals surface area contributed by atoms with Gasteiger partial charge in [-0.25, -0.2) is 0 Å². The standard InChI is InChI=1S/C21H26.2C2H6/c1-4-16-7-10-20-19-9-6-15-13-14(2)5-8-17(15)18(19)11-12-21(16,20)3;2*1-2/h4-5,8-9,13,18,20H,6-7,10-12H2,1-3H3;2*1-2H3/b16-4-;;. The number of hydrogen-bond donors (Lipinski definition) is 0. The van der Waals surface area contributed by atoms with E-state index in [1.807, 2.05) is 27.7 Å².